The maximum atomic E-state index is 4.18. The van der Waals surface area contributed by atoms with E-state index in [1.165, 1.54) is 5.69 Å². The monoisotopic (exact) mass is 136 g/mol. The molecule has 0 unspecified atom stereocenters. The summed E-state index contributed by atoms with van der Waals surface area (Å²) in [6, 6.07) is 0. The molecule has 1 heterocycles. The molecule has 0 aliphatic heterocycles. The highest BCUT2D eigenvalue weighted by Crippen LogP contribution is 2.01. The van der Waals surface area contributed by atoms with Gasteiger partial charge in [-0.3, -0.25) is 0 Å². The lowest BCUT2D eigenvalue weighted by atomic mass is 10.5. The van der Waals surface area contributed by atoms with E-state index in [9.17, 15) is 0 Å². The van der Waals surface area contributed by atoms with Crippen molar-refractivity contribution in [2.45, 2.75) is 13.8 Å². The molecule has 10 heavy (non-hydrogen) atoms. The van der Waals surface area contributed by atoms with E-state index in [0.717, 1.165) is 5.82 Å². The largest absolute Gasteiger partial charge is 0.332 e. The number of imidazole rings is 1. The minimum absolute atomic E-state index is 1.01. The Morgan fingerprint density at radius 1 is 1.60 bits per heavy atom. The number of allylic oxidation sites excluding steroid dienone is 1. The topological polar surface area (TPSA) is 17.8 Å². The first-order valence-electron chi connectivity index (χ1n) is 3.36. The molecule has 0 radical (unpaired) electrons. The zero-order valence-corrected chi connectivity index (χ0v) is 6.63. The summed E-state index contributed by atoms with van der Waals surface area (Å²) in [7, 11) is 2.01. The van der Waals surface area contributed by atoms with Crippen molar-refractivity contribution in [1.82, 2.24) is 9.55 Å². The van der Waals surface area contributed by atoms with Crippen LogP contribution in [0.3, 0.4) is 0 Å². The quantitative estimate of drug-likeness (QED) is 0.575. The lowest BCUT2D eigenvalue weighted by Gasteiger charge is -1.95. The van der Waals surface area contributed by atoms with E-state index in [1.807, 2.05) is 39.2 Å². The molecule has 0 N–H and O–H groups in total. The third kappa shape index (κ3) is 1.10. The Bertz CT molecular complexity index is 246. The Labute approximate surface area is 61.2 Å². The summed E-state index contributed by atoms with van der Waals surface area (Å²) in [5, 5.41) is 0. The fourth-order valence-corrected chi connectivity index (χ4v) is 0.817. The van der Waals surface area contributed by atoms with Gasteiger partial charge in [0.15, 0.2) is 0 Å². The van der Waals surface area contributed by atoms with Crippen LogP contribution in [0.25, 0.3) is 6.08 Å². The molecule has 1 aromatic heterocycles. The first-order chi connectivity index (χ1) is 4.75. The van der Waals surface area contributed by atoms with Gasteiger partial charge in [0.2, 0.25) is 0 Å². The average molecular weight is 136 g/mol. The summed E-state index contributed by atoms with van der Waals surface area (Å²) in [5.74, 6) is 1.01. The van der Waals surface area contributed by atoms with Gasteiger partial charge in [-0.1, -0.05) is 6.08 Å². The van der Waals surface area contributed by atoms with Crippen LogP contribution < -0.4 is 0 Å². The third-order valence-corrected chi connectivity index (χ3v) is 1.57. The molecule has 0 aliphatic rings. The van der Waals surface area contributed by atoms with Crippen molar-refractivity contribution in [3.05, 3.63) is 23.8 Å². The van der Waals surface area contributed by atoms with Gasteiger partial charge in [0.05, 0.1) is 0 Å². The molecular formula is C8H12N2. The molecule has 0 fully saturated rings. The normalized spacial score (nSPS) is 11.1. The van der Waals surface area contributed by atoms with Gasteiger partial charge in [-0.05, 0) is 19.9 Å². The maximum Gasteiger partial charge on any atom is 0.132 e. The van der Waals surface area contributed by atoms with E-state index in [0.29, 0.717) is 0 Å². The number of aryl methyl sites for hydroxylation is 1. The Morgan fingerprint density at radius 2 is 2.30 bits per heavy atom. The van der Waals surface area contributed by atoms with Crippen LogP contribution in [0, 0.1) is 6.92 Å². The highest BCUT2D eigenvalue weighted by Gasteiger charge is 1.95. The highest BCUT2D eigenvalue weighted by molar-refractivity contribution is 5.40. The van der Waals surface area contributed by atoms with E-state index in [2.05, 4.69) is 9.55 Å². The molecule has 0 saturated heterocycles. The first kappa shape index (κ1) is 7.06. The van der Waals surface area contributed by atoms with Crippen LogP contribution in [-0.4, -0.2) is 9.55 Å². The van der Waals surface area contributed by atoms with E-state index in [1.54, 1.807) is 0 Å². The van der Waals surface area contributed by atoms with Crippen LogP contribution in [0.15, 0.2) is 12.3 Å². The molecule has 0 atom stereocenters. The molecule has 0 aromatic carbocycles. The predicted molar refractivity (Wildman–Crippen MR) is 42.7 cm³/mol. The third-order valence-electron chi connectivity index (χ3n) is 1.57. The summed E-state index contributed by atoms with van der Waals surface area (Å²) in [6.07, 6.45) is 5.85. The zero-order valence-electron chi connectivity index (χ0n) is 6.63. The van der Waals surface area contributed by atoms with Crippen molar-refractivity contribution >= 4 is 6.08 Å². The fourth-order valence-electron chi connectivity index (χ4n) is 0.817. The second kappa shape index (κ2) is 2.69. The molecule has 0 spiro atoms. The molecule has 2 heteroatoms. The maximum absolute atomic E-state index is 4.18. The van der Waals surface area contributed by atoms with Crippen molar-refractivity contribution in [3.63, 3.8) is 0 Å². The molecule has 54 valence electrons. The molecule has 0 aliphatic carbocycles. The molecule has 1 rings (SSSR count). The fraction of sp³-hybridized carbons (Fsp3) is 0.375. The number of hydrogen-bond donors (Lipinski definition) is 0. The van der Waals surface area contributed by atoms with E-state index < -0.39 is 0 Å². The average Bonchev–Trinajstić information content (AvgIpc) is 2.20. The summed E-state index contributed by atoms with van der Waals surface area (Å²) >= 11 is 0. The van der Waals surface area contributed by atoms with Crippen molar-refractivity contribution in [2.24, 2.45) is 7.05 Å². The van der Waals surface area contributed by atoms with Gasteiger partial charge in [0.1, 0.15) is 5.82 Å². The second-order valence-electron chi connectivity index (χ2n) is 2.32. The summed E-state index contributed by atoms with van der Waals surface area (Å²) < 4.78 is 2.06. The van der Waals surface area contributed by atoms with E-state index >= 15 is 0 Å². The summed E-state index contributed by atoms with van der Waals surface area (Å²) in [6.45, 7) is 4.03. The Kier molecular flexibility index (Phi) is 1.90. The van der Waals surface area contributed by atoms with Crippen molar-refractivity contribution in [1.29, 1.82) is 0 Å². The van der Waals surface area contributed by atoms with E-state index in [4.69, 9.17) is 0 Å². The van der Waals surface area contributed by atoms with Crippen LogP contribution in [0.2, 0.25) is 0 Å². The highest BCUT2D eigenvalue weighted by atomic mass is 15.0. The summed E-state index contributed by atoms with van der Waals surface area (Å²) in [4.78, 5) is 4.18. The van der Waals surface area contributed by atoms with Gasteiger partial charge in [0, 0.05) is 18.9 Å². The summed E-state index contributed by atoms with van der Waals surface area (Å²) in [5.41, 5.74) is 1.19. The predicted octanol–water partition coefficient (Wildman–Crippen LogP) is 1.76. The molecule has 1 aromatic rings. The Morgan fingerprint density at radius 3 is 2.70 bits per heavy atom. The van der Waals surface area contributed by atoms with Gasteiger partial charge in [-0.15, -0.1) is 0 Å². The Hall–Kier alpha value is -1.05. The number of hydrogen-bond acceptors (Lipinski definition) is 1. The molecular weight excluding hydrogens is 124 g/mol. The standard InChI is InChI=1S/C8H12N2/c1-4-5-8-9-6-7(2)10(8)3/h4-6H,1-3H3/b5-4+. The van der Waals surface area contributed by atoms with Crippen LogP contribution in [0.5, 0.6) is 0 Å². The molecule has 0 saturated carbocycles. The molecule has 2 nitrogen and oxygen atoms in total. The van der Waals surface area contributed by atoms with Crippen LogP contribution in [0.1, 0.15) is 18.4 Å². The molecule has 0 bridgehead atoms. The van der Waals surface area contributed by atoms with Gasteiger partial charge < -0.3 is 4.57 Å². The van der Waals surface area contributed by atoms with Crippen molar-refractivity contribution < 1.29 is 0 Å². The minimum Gasteiger partial charge on any atom is -0.332 e. The number of rotatable bonds is 1. The molecule has 0 amide bonds. The van der Waals surface area contributed by atoms with E-state index in [-0.39, 0.29) is 0 Å². The van der Waals surface area contributed by atoms with Gasteiger partial charge in [-0.25, -0.2) is 4.98 Å². The van der Waals surface area contributed by atoms with Crippen molar-refractivity contribution in [2.75, 3.05) is 0 Å². The Balaban J connectivity index is 3.05. The lowest BCUT2D eigenvalue weighted by molar-refractivity contribution is 0.860. The zero-order chi connectivity index (χ0) is 7.56. The van der Waals surface area contributed by atoms with Crippen LogP contribution >= 0.6 is 0 Å². The SMILES string of the molecule is C/C=C/c1ncc(C)n1C. The van der Waals surface area contributed by atoms with Crippen LogP contribution in [0.4, 0.5) is 0 Å². The van der Waals surface area contributed by atoms with Gasteiger partial charge >= 0.3 is 0 Å². The minimum atomic E-state index is 1.01. The lowest BCUT2D eigenvalue weighted by Crippen LogP contribution is -1.92. The van der Waals surface area contributed by atoms with Gasteiger partial charge in [0.25, 0.3) is 0 Å². The van der Waals surface area contributed by atoms with Crippen molar-refractivity contribution in [3.8, 4) is 0 Å². The van der Waals surface area contributed by atoms with Crippen LogP contribution in [-0.2, 0) is 7.05 Å². The first-order valence-corrected chi connectivity index (χ1v) is 3.36. The smallest absolute Gasteiger partial charge is 0.132 e. The second-order valence-corrected chi connectivity index (χ2v) is 2.32. The van der Waals surface area contributed by atoms with Gasteiger partial charge in [-0.2, -0.15) is 0 Å². The number of aromatic nitrogens is 2. The number of nitrogens with zero attached hydrogens (tertiary/aromatic N) is 2.